The SMILES string of the molecule is COc1ccc(Cn2cccc(C(=O)N/N=C\c3cc(Cl)c(O)c(Cl)c3)c2=O)cc1. The van der Waals surface area contributed by atoms with Crippen LogP contribution in [0.5, 0.6) is 11.5 Å². The summed E-state index contributed by atoms with van der Waals surface area (Å²) in [6, 6.07) is 13.2. The molecular weight excluding hydrogens is 429 g/mol. The summed E-state index contributed by atoms with van der Waals surface area (Å²) >= 11 is 11.7. The van der Waals surface area contributed by atoms with Crippen molar-refractivity contribution < 1.29 is 14.6 Å². The fraction of sp³-hybridized carbons (Fsp3) is 0.0952. The molecule has 3 aromatic rings. The summed E-state index contributed by atoms with van der Waals surface area (Å²) in [5, 5.41) is 13.5. The molecule has 0 unspecified atom stereocenters. The highest BCUT2D eigenvalue weighted by atomic mass is 35.5. The van der Waals surface area contributed by atoms with E-state index in [-0.39, 0.29) is 21.4 Å². The molecule has 30 heavy (non-hydrogen) atoms. The van der Waals surface area contributed by atoms with Gasteiger partial charge in [-0.2, -0.15) is 5.10 Å². The number of aromatic nitrogens is 1. The zero-order valence-corrected chi connectivity index (χ0v) is 17.3. The van der Waals surface area contributed by atoms with Gasteiger partial charge in [0.2, 0.25) is 0 Å². The molecule has 2 aromatic carbocycles. The second kappa shape index (κ2) is 9.47. The Hall–Kier alpha value is -3.29. The minimum absolute atomic E-state index is 0.0510. The van der Waals surface area contributed by atoms with Gasteiger partial charge in [0.1, 0.15) is 11.3 Å². The molecule has 0 bridgehead atoms. The van der Waals surface area contributed by atoms with E-state index in [0.29, 0.717) is 17.9 Å². The van der Waals surface area contributed by atoms with Crippen molar-refractivity contribution in [2.75, 3.05) is 7.11 Å². The maximum Gasteiger partial charge on any atom is 0.276 e. The number of nitrogens with zero attached hydrogens (tertiary/aromatic N) is 2. The predicted octanol–water partition coefficient (Wildman–Crippen LogP) is 3.68. The number of carbonyl (C=O) groups excluding carboxylic acids is 1. The van der Waals surface area contributed by atoms with Crippen molar-refractivity contribution in [3.8, 4) is 11.5 Å². The maximum absolute atomic E-state index is 12.7. The third-order valence-electron chi connectivity index (χ3n) is 4.20. The van der Waals surface area contributed by atoms with Crippen molar-refractivity contribution in [3.63, 3.8) is 0 Å². The van der Waals surface area contributed by atoms with Gasteiger partial charge in [-0.25, -0.2) is 5.43 Å². The molecule has 0 spiro atoms. The summed E-state index contributed by atoms with van der Waals surface area (Å²) in [4.78, 5) is 25.0. The van der Waals surface area contributed by atoms with Crippen LogP contribution in [-0.2, 0) is 6.54 Å². The minimum atomic E-state index is -0.656. The van der Waals surface area contributed by atoms with Crippen LogP contribution in [0.4, 0.5) is 0 Å². The molecule has 9 heteroatoms. The maximum atomic E-state index is 12.7. The normalized spacial score (nSPS) is 10.9. The van der Waals surface area contributed by atoms with Gasteiger partial charge in [0, 0.05) is 6.20 Å². The molecule has 0 atom stereocenters. The van der Waals surface area contributed by atoms with Crippen LogP contribution in [0.15, 0.2) is 64.6 Å². The Bertz CT molecular complexity index is 1130. The number of ether oxygens (including phenoxy) is 1. The summed E-state index contributed by atoms with van der Waals surface area (Å²) in [5.41, 5.74) is 3.15. The lowest BCUT2D eigenvalue weighted by Crippen LogP contribution is -2.30. The van der Waals surface area contributed by atoms with Crippen LogP contribution in [0.1, 0.15) is 21.5 Å². The molecule has 1 amide bonds. The van der Waals surface area contributed by atoms with E-state index in [4.69, 9.17) is 27.9 Å². The lowest BCUT2D eigenvalue weighted by molar-refractivity contribution is 0.0953. The Morgan fingerprint density at radius 1 is 1.20 bits per heavy atom. The van der Waals surface area contributed by atoms with Crippen molar-refractivity contribution in [2.45, 2.75) is 6.54 Å². The van der Waals surface area contributed by atoms with Crippen LogP contribution < -0.4 is 15.7 Å². The number of hydrogen-bond acceptors (Lipinski definition) is 5. The molecule has 0 saturated heterocycles. The molecule has 7 nitrogen and oxygen atoms in total. The number of benzene rings is 2. The first-order valence-corrected chi connectivity index (χ1v) is 9.48. The fourth-order valence-corrected chi connectivity index (χ4v) is 3.15. The van der Waals surface area contributed by atoms with E-state index < -0.39 is 11.5 Å². The Labute approximate surface area is 182 Å². The monoisotopic (exact) mass is 445 g/mol. The standard InChI is InChI=1S/C21H17Cl2N3O4/c1-30-15-6-4-13(5-7-15)12-26-8-2-3-16(21(26)29)20(28)25-24-11-14-9-17(22)19(27)18(23)10-14/h2-11,27H,12H2,1H3,(H,25,28)/b24-11-. The third-order valence-corrected chi connectivity index (χ3v) is 4.77. The van der Waals surface area contributed by atoms with Gasteiger partial charge in [-0.05, 0) is 47.5 Å². The van der Waals surface area contributed by atoms with Gasteiger partial charge >= 0.3 is 0 Å². The Morgan fingerprint density at radius 3 is 2.50 bits per heavy atom. The number of halogens is 2. The van der Waals surface area contributed by atoms with Crippen LogP contribution in [-0.4, -0.2) is 28.9 Å². The fourth-order valence-electron chi connectivity index (χ4n) is 2.65. The first-order valence-electron chi connectivity index (χ1n) is 8.73. The second-order valence-corrected chi connectivity index (χ2v) is 7.05. The number of hydrazone groups is 1. The second-order valence-electron chi connectivity index (χ2n) is 6.24. The first-order chi connectivity index (χ1) is 14.4. The summed E-state index contributed by atoms with van der Waals surface area (Å²) in [6.45, 7) is 0.303. The molecule has 1 aromatic heterocycles. The number of hydrogen-bond donors (Lipinski definition) is 2. The molecule has 0 saturated carbocycles. The highest BCUT2D eigenvalue weighted by Gasteiger charge is 2.12. The van der Waals surface area contributed by atoms with Gasteiger partial charge in [0.25, 0.3) is 11.5 Å². The van der Waals surface area contributed by atoms with Gasteiger partial charge in [-0.1, -0.05) is 35.3 Å². The molecule has 0 aliphatic carbocycles. The average Bonchev–Trinajstić information content (AvgIpc) is 2.74. The van der Waals surface area contributed by atoms with Crippen molar-refractivity contribution >= 4 is 35.3 Å². The van der Waals surface area contributed by atoms with Gasteiger partial charge in [0.15, 0.2) is 5.75 Å². The van der Waals surface area contributed by atoms with Gasteiger partial charge < -0.3 is 14.4 Å². The zero-order chi connectivity index (χ0) is 21.7. The summed E-state index contributed by atoms with van der Waals surface area (Å²) in [5.74, 6) is -0.175. The van der Waals surface area contributed by atoms with E-state index in [1.54, 1.807) is 31.5 Å². The van der Waals surface area contributed by atoms with E-state index >= 15 is 0 Å². The number of methoxy groups -OCH3 is 1. The van der Waals surface area contributed by atoms with Crippen molar-refractivity contribution in [2.24, 2.45) is 5.10 Å². The van der Waals surface area contributed by atoms with Crippen LogP contribution in [0, 0.1) is 0 Å². The average molecular weight is 446 g/mol. The number of pyridine rings is 1. The Kier molecular flexibility index (Phi) is 6.76. The Morgan fingerprint density at radius 2 is 1.87 bits per heavy atom. The van der Waals surface area contributed by atoms with Crippen molar-refractivity contribution in [1.29, 1.82) is 0 Å². The molecular formula is C21H17Cl2N3O4. The van der Waals surface area contributed by atoms with Gasteiger partial charge in [0.05, 0.1) is 29.9 Å². The Balaban J connectivity index is 1.73. The number of amides is 1. The van der Waals surface area contributed by atoms with E-state index in [9.17, 15) is 14.7 Å². The zero-order valence-electron chi connectivity index (χ0n) is 15.8. The van der Waals surface area contributed by atoms with Gasteiger partial charge in [-0.15, -0.1) is 0 Å². The van der Waals surface area contributed by atoms with Crippen LogP contribution in [0.25, 0.3) is 0 Å². The van der Waals surface area contributed by atoms with Crippen molar-refractivity contribution in [1.82, 2.24) is 9.99 Å². The van der Waals surface area contributed by atoms with Gasteiger partial charge in [-0.3, -0.25) is 9.59 Å². The lowest BCUT2D eigenvalue weighted by atomic mass is 10.2. The van der Waals surface area contributed by atoms with Crippen LogP contribution >= 0.6 is 23.2 Å². The molecule has 154 valence electrons. The molecule has 0 fully saturated rings. The minimum Gasteiger partial charge on any atom is -0.505 e. The highest BCUT2D eigenvalue weighted by molar-refractivity contribution is 6.37. The number of carbonyl (C=O) groups is 1. The third kappa shape index (κ3) is 5.00. The van der Waals surface area contributed by atoms with E-state index in [1.165, 1.54) is 29.0 Å². The smallest absolute Gasteiger partial charge is 0.276 e. The number of phenols is 1. The van der Waals surface area contributed by atoms with Crippen molar-refractivity contribution in [3.05, 3.63) is 91.8 Å². The number of aromatic hydroxyl groups is 1. The molecule has 0 aliphatic rings. The lowest BCUT2D eigenvalue weighted by Gasteiger charge is -2.08. The summed E-state index contributed by atoms with van der Waals surface area (Å²) < 4.78 is 6.55. The summed E-state index contributed by atoms with van der Waals surface area (Å²) in [7, 11) is 1.58. The number of phenolic OH excluding ortho intramolecular Hbond substituents is 1. The molecule has 3 rings (SSSR count). The predicted molar refractivity (Wildman–Crippen MR) is 116 cm³/mol. The quantitative estimate of drug-likeness (QED) is 0.446. The first kappa shape index (κ1) is 21.4. The van der Waals surface area contributed by atoms with Crippen LogP contribution in [0.2, 0.25) is 10.0 Å². The molecule has 0 aliphatic heterocycles. The molecule has 0 radical (unpaired) electrons. The highest BCUT2D eigenvalue weighted by Crippen LogP contribution is 2.32. The summed E-state index contributed by atoms with van der Waals surface area (Å²) in [6.07, 6.45) is 2.90. The molecule has 2 N–H and O–H groups in total. The number of nitrogens with one attached hydrogen (secondary N) is 1. The van der Waals surface area contributed by atoms with Crippen LogP contribution in [0.3, 0.4) is 0 Å². The topological polar surface area (TPSA) is 92.9 Å². The number of rotatable bonds is 6. The molecule has 1 heterocycles. The van der Waals surface area contributed by atoms with E-state index in [0.717, 1.165) is 5.56 Å². The van der Waals surface area contributed by atoms with E-state index in [1.807, 2.05) is 12.1 Å². The van der Waals surface area contributed by atoms with E-state index in [2.05, 4.69) is 10.5 Å². The largest absolute Gasteiger partial charge is 0.505 e.